The molecule has 1 amide bonds. The fourth-order valence-corrected chi connectivity index (χ4v) is 6.41. The van der Waals surface area contributed by atoms with Crippen molar-refractivity contribution in [2.24, 2.45) is 5.92 Å². The number of nitrogens with zero attached hydrogens (tertiary/aromatic N) is 1. The number of carbonyl (C=O) groups excluding carboxylic acids is 1. The summed E-state index contributed by atoms with van der Waals surface area (Å²) < 4.78 is 10.3. The van der Waals surface area contributed by atoms with E-state index in [-0.39, 0.29) is 17.9 Å². The van der Waals surface area contributed by atoms with E-state index in [4.69, 9.17) is 44.3 Å². The van der Waals surface area contributed by atoms with Crippen LogP contribution >= 0.6 is 50.7 Å². The van der Waals surface area contributed by atoms with Gasteiger partial charge in [0.05, 0.1) is 7.11 Å². The lowest BCUT2D eigenvalue weighted by atomic mass is 9.59. The standard InChI is InChI=1S/C25H24BrCl3N2O3/c1-33-17-5-2-4-15(10-17)24-8-9-31(23(32)34-14-25(27,28)29)13-16(24)11-18-21(12-24)30-20-7-3-6-19(26)22(18)20/h2-7,10,16,30H,8-9,11-14H2,1H3. The molecular formula is C25H24BrCl3N2O3. The molecule has 1 aliphatic carbocycles. The van der Waals surface area contributed by atoms with E-state index in [9.17, 15) is 4.79 Å². The molecule has 1 aromatic heterocycles. The van der Waals surface area contributed by atoms with Crippen molar-refractivity contribution in [1.29, 1.82) is 0 Å². The molecule has 1 aliphatic heterocycles. The number of rotatable bonds is 3. The van der Waals surface area contributed by atoms with E-state index in [0.29, 0.717) is 13.1 Å². The van der Waals surface area contributed by atoms with Crippen molar-refractivity contribution in [1.82, 2.24) is 9.88 Å². The summed E-state index contributed by atoms with van der Waals surface area (Å²) in [4.78, 5) is 18.2. The zero-order chi connectivity index (χ0) is 24.1. The number of methoxy groups -OCH3 is 1. The summed E-state index contributed by atoms with van der Waals surface area (Å²) in [5.74, 6) is 1.02. The van der Waals surface area contributed by atoms with Crippen molar-refractivity contribution in [3.63, 3.8) is 0 Å². The third kappa shape index (κ3) is 4.39. The van der Waals surface area contributed by atoms with Crippen LogP contribution in [0.5, 0.6) is 5.75 Å². The van der Waals surface area contributed by atoms with E-state index in [1.807, 2.05) is 18.2 Å². The highest BCUT2D eigenvalue weighted by atomic mass is 79.9. The van der Waals surface area contributed by atoms with E-state index in [1.165, 1.54) is 22.2 Å². The van der Waals surface area contributed by atoms with Gasteiger partial charge in [0, 0.05) is 39.6 Å². The molecule has 1 saturated heterocycles. The van der Waals surface area contributed by atoms with Gasteiger partial charge in [-0.15, -0.1) is 0 Å². The SMILES string of the molecule is COc1cccc(C23CCN(C(=O)OCC(Cl)(Cl)Cl)CC2Cc2c([nH]c4cccc(Br)c24)C3)c1. The van der Waals surface area contributed by atoms with Crippen LogP contribution in [0.15, 0.2) is 46.9 Å². The van der Waals surface area contributed by atoms with Crippen LogP contribution < -0.4 is 4.74 Å². The number of carbonyl (C=O) groups is 1. The van der Waals surface area contributed by atoms with Gasteiger partial charge in [-0.25, -0.2) is 4.79 Å². The Kier molecular flexibility index (Phi) is 6.47. The monoisotopic (exact) mass is 584 g/mol. The molecule has 5 nitrogen and oxygen atoms in total. The van der Waals surface area contributed by atoms with Crippen molar-refractivity contribution in [3.8, 4) is 5.75 Å². The Morgan fingerprint density at radius 1 is 1.26 bits per heavy atom. The first-order chi connectivity index (χ1) is 16.2. The Bertz CT molecular complexity index is 1240. The summed E-state index contributed by atoms with van der Waals surface area (Å²) in [5, 5.41) is 1.22. The summed E-state index contributed by atoms with van der Waals surface area (Å²) in [5.41, 5.74) is 4.78. The third-order valence-corrected chi connectivity index (χ3v) is 8.21. The smallest absolute Gasteiger partial charge is 0.409 e. The van der Waals surface area contributed by atoms with Crippen LogP contribution in [0.3, 0.4) is 0 Å². The molecule has 1 fully saturated rings. The summed E-state index contributed by atoms with van der Waals surface area (Å²) in [6, 6.07) is 14.5. The van der Waals surface area contributed by atoms with Gasteiger partial charge < -0.3 is 19.4 Å². The number of aromatic amines is 1. The molecule has 180 valence electrons. The Morgan fingerprint density at radius 3 is 2.82 bits per heavy atom. The average molecular weight is 587 g/mol. The molecule has 0 spiro atoms. The van der Waals surface area contributed by atoms with Crippen LogP contribution in [0.25, 0.3) is 10.9 Å². The maximum atomic E-state index is 12.8. The van der Waals surface area contributed by atoms with E-state index in [1.54, 1.807) is 12.0 Å². The number of benzene rings is 2. The van der Waals surface area contributed by atoms with E-state index < -0.39 is 9.89 Å². The molecule has 2 aromatic carbocycles. The molecule has 5 rings (SSSR count). The number of amides is 1. The van der Waals surface area contributed by atoms with Crippen molar-refractivity contribution in [2.45, 2.75) is 28.5 Å². The first-order valence-corrected chi connectivity index (χ1v) is 13.0. The molecule has 2 aliphatic rings. The van der Waals surface area contributed by atoms with Crippen molar-refractivity contribution in [3.05, 3.63) is 63.8 Å². The number of hydrogen-bond acceptors (Lipinski definition) is 3. The Labute approximate surface area is 221 Å². The van der Waals surface area contributed by atoms with Crippen molar-refractivity contribution >= 4 is 67.7 Å². The molecule has 2 atom stereocenters. The lowest BCUT2D eigenvalue weighted by Crippen LogP contribution is -2.55. The molecule has 2 heterocycles. The lowest BCUT2D eigenvalue weighted by Gasteiger charge is -2.50. The molecule has 2 unspecified atom stereocenters. The van der Waals surface area contributed by atoms with Crippen molar-refractivity contribution in [2.75, 3.05) is 26.8 Å². The molecule has 1 N–H and O–H groups in total. The predicted octanol–water partition coefficient (Wildman–Crippen LogP) is 6.80. The van der Waals surface area contributed by atoms with Gasteiger partial charge in [0.15, 0.2) is 0 Å². The molecule has 3 aromatic rings. The van der Waals surface area contributed by atoms with Gasteiger partial charge in [-0.05, 0) is 60.6 Å². The highest BCUT2D eigenvalue weighted by molar-refractivity contribution is 9.10. The number of halogens is 4. The molecule has 0 bridgehead atoms. The van der Waals surface area contributed by atoms with Crippen LogP contribution in [-0.4, -0.2) is 46.6 Å². The van der Waals surface area contributed by atoms with Gasteiger partial charge in [0.2, 0.25) is 3.79 Å². The minimum absolute atomic E-state index is 0.138. The fourth-order valence-electron chi connectivity index (χ4n) is 5.64. The zero-order valence-corrected chi connectivity index (χ0v) is 22.4. The maximum Gasteiger partial charge on any atom is 0.409 e. The number of nitrogens with one attached hydrogen (secondary N) is 1. The maximum absolute atomic E-state index is 12.8. The number of hydrogen-bond donors (Lipinski definition) is 1. The summed E-state index contributed by atoms with van der Waals surface area (Å²) in [6.45, 7) is 0.844. The topological polar surface area (TPSA) is 54.6 Å². The zero-order valence-electron chi connectivity index (χ0n) is 18.5. The van der Waals surface area contributed by atoms with E-state index in [2.05, 4.69) is 45.2 Å². The summed E-state index contributed by atoms with van der Waals surface area (Å²) >= 11 is 21.1. The minimum Gasteiger partial charge on any atom is -0.497 e. The quantitative estimate of drug-likeness (QED) is 0.344. The fraction of sp³-hybridized carbons (Fsp3) is 0.400. The van der Waals surface area contributed by atoms with Gasteiger partial charge in [-0.2, -0.15) is 0 Å². The van der Waals surface area contributed by atoms with E-state index >= 15 is 0 Å². The minimum atomic E-state index is -1.63. The molecule has 0 saturated carbocycles. The van der Waals surface area contributed by atoms with Crippen LogP contribution in [0.4, 0.5) is 4.79 Å². The van der Waals surface area contributed by atoms with Gasteiger partial charge in [-0.3, -0.25) is 0 Å². The highest BCUT2D eigenvalue weighted by Gasteiger charge is 2.49. The molecular weight excluding hydrogens is 563 g/mol. The third-order valence-electron chi connectivity index (χ3n) is 7.22. The molecule has 34 heavy (non-hydrogen) atoms. The second kappa shape index (κ2) is 9.12. The highest BCUT2D eigenvalue weighted by Crippen LogP contribution is 2.50. The van der Waals surface area contributed by atoms with Crippen LogP contribution in [0.1, 0.15) is 23.2 Å². The Morgan fingerprint density at radius 2 is 2.06 bits per heavy atom. The Hall–Kier alpha value is -1.60. The normalized spacial score (nSPS) is 22.3. The lowest BCUT2D eigenvalue weighted by molar-refractivity contribution is 0.0539. The van der Waals surface area contributed by atoms with Gasteiger partial charge in [0.25, 0.3) is 0 Å². The van der Waals surface area contributed by atoms with E-state index in [0.717, 1.165) is 35.0 Å². The number of likely N-dealkylation sites (tertiary alicyclic amines) is 1. The van der Waals surface area contributed by atoms with Gasteiger partial charge >= 0.3 is 6.09 Å². The number of ether oxygens (including phenoxy) is 2. The predicted molar refractivity (Wildman–Crippen MR) is 139 cm³/mol. The number of aromatic nitrogens is 1. The molecule has 9 heteroatoms. The van der Waals surface area contributed by atoms with Crippen LogP contribution in [-0.2, 0) is 23.0 Å². The van der Waals surface area contributed by atoms with Crippen LogP contribution in [0.2, 0.25) is 0 Å². The summed E-state index contributed by atoms with van der Waals surface area (Å²) in [6.07, 6.45) is 2.04. The number of alkyl halides is 3. The second-order valence-corrected chi connectivity index (χ2v) is 12.4. The number of H-pyrrole nitrogens is 1. The molecule has 0 radical (unpaired) electrons. The first-order valence-electron chi connectivity index (χ1n) is 11.1. The number of fused-ring (bicyclic) bond motifs is 4. The number of piperidine rings is 1. The Balaban J connectivity index is 1.53. The second-order valence-electron chi connectivity index (χ2n) is 9.08. The summed E-state index contributed by atoms with van der Waals surface area (Å²) in [7, 11) is 1.69. The van der Waals surface area contributed by atoms with Crippen LogP contribution in [0, 0.1) is 5.92 Å². The largest absolute Gasteiger partial charge is 0.497 e. The first kappa shape index (κ1) is 24.1. The van der Waals surface area contributed by atoms with Gasteiger partial charge in [0.1, 0.15) is 12.4 Å². The average Bonchev–Trinajstić information content (AvgIpc) is 3.18. The van der Waals surface area contributed by atoms with Gasteiger partial charge in [-0.1, -0.05) is 68.9 Å². The van der Waals surface area contributed by atoms with Crippen molar-refractivity contribution < 1.29 is 14.3 Å².